The van der Waals surface area contributed by atoms with Gasteiger partial charge in [0, 0.05) is 47.5 Å². The van der Waals surface area contributed by atoms with E-state index in [1.807, 2.05) is 24.3 Å². The summed E-state index contributed by atoms with van der Waals surface area (Å²) in [5, 5.41) is 13.8. The summed E-state index contributed by atoms with van der Waals surface area (Å²) in [4.78, 5) is 70.5. The number of pyridine rings is 1. The fraction of sp³-hybridized carbons (Fsp3) is 0.510. The minimum absolute atomic E-state index is 0.00442. The van der Waals surface area contributed by atoms with Gasteiger partial charge in [-0.2, -0.15) is 0 Å². The summed E-state index contributed by atoms with van der Waals surface area (Å²) in [6.07, 6.45) is 2.89. The molecule has 63 heavy (non-hydrogen) atoms. The highest BCUT2D eigenvalue weighted by atomic mass is 19.1. The highest BCUT2D eigenvalue weighted by molar-refractivity contribution is 6.01. The van der Waals surface area contributed by atoms with Crippen LogP contribution in [0.5, 0.6) is 0 Å². The van der Waals surface area contributed by atoms with E-state index in [0.29, 0.717) is 5.56 Å². The van der Waals surface area contributed by atoms with Gasteiger partial charge in [-0.1, -0.05) is 55.5 Å². The van der Waals surface area contributed by atoms with Crippen molar-refractivity contribution in [3.8, 4) is 0 Å². The van der Waals surface area contributed by atoms with Gasteiger partial charge in [-0.25, -0.2) is 8.78 Å². The normalized spacial score (nSPS) is 36.3. The van der Waals surface area contributed by atoms with Gasteiger partial charge < -0.3 is 29.8 Å². The first-order valence-corrected chi connectivity index (χ1v) is 21.7. The lowest BCUT2D eigenvalue weighted by atomic mass is 9.44. The van der Waals surface area contributed by atoms with E-state index in [4.69, 9.17) is 24.7 Å². The van der Waals surface area contributed by atoms with Crippen LogP contribution in [0.15, 0.2) is 84.7 Å². The summed E-state index contributed by atoms with van der Waals surface area (Å²) in [7, 11) is 0. The number of esters is 2. The number of rotatable bonds is 12. The molecule has 3 aromatic rings. The number of allylic oxidation sites excluding steroid dienone is 4. The molecule has 9 rings (SSSR count). The van der Waals surface area contributed by atoms with E-state index in [9.17, 15) is 29.1 Å². The highest BCUT2D eigenvalue weighted by Gasteiger charge is 2.80. The van der Waals surface area contributed by atoms with E-state index in [1.165, 1.54) is 19.1 Å². The van der Waals surface area contributed by atoms with Crippen molar-refractivity contribution in [2.45, 2.75) is 108 Å². The standard InChI is InChI=1S/C49H52F2N2O10/c1-45(2)62-42-20-35-36-19-38(50)37-17-31(54)11-13-46(37,3)48(36,51)40(56)21-47(35,4)49(42,63-45)41(57)25-61-44(59)33-18-32(33)43(58)60-24-26-5-8-28(9-6-26)34(22-52)39(55)16-27-7-10-30-23-53-14-12-29(30)15-27/h5-15,17,23,32-36,38,40,42,56H,16,18-22,24-25,52H2,1-4H3/t32?,33?,34-,35+,36+,38+,40+,42-,46+,47+,48+,49-/m1/s1. The van der Waals surface area contributed by atoms with Gasteiger partial charge in [0.05, 0.1) is 30.0 Å². The van der Waals surface area contributed by atoms with Gasteiger partial charge in [0.1, 0.15) is 18.6 Å². The maximum Gasteiger partial charge on any atom is 0.310 e. The number of nitrogens with two attached hydrogens (primary N) is 1. The van der Waals surface area contributed by atoms with Gasteiger partial charge in [-0.05, 0) is 98.2 Å². The average Bonchev–Trinajstić information content (AvgIpc) is 3.96. The number of aromatic nitrogens is 1. The molecule has 12 nitrogen and oxygen atoms in total. The quantitative estimate of drug-likeness (QED) is 0.213. The van der Waals surface area contributed by atoms with Crippen LogP contribution in [0.3, 0.4) is 0 Å². The van der Waals surface area contributed by atoms with E-state index in [2.05, 4.69) is 4.98 Å². The van der Waals surface area contributed by atoms with Gasteiger partial charge >= 0.3 is 11.9 Å². The van der Waals surface area contributed by atoms with E-state index >= 15 is 8.78 Å². The van der Waals surface area contributed by atoms with E-state index in [0.717, 1.165) is 28.0 Å². The van der Waals surface area contributed by atoms with E-state index in [1.54, 1.807) is 57.4 Å². The first-order chi connectivity index (χ1) is 29.8. The third-order valence-electron chi connectivity index (χ3n) is 15.2. The Hall–Kier alpha value is -5.02. The molecule has 14 heteroatoms. The van der Waals surface area contributed by atoms with Crippen molar-refractivity contribution in [3.63, 3.8) is 0 Å². The molecule has 2 aromatic carbocycles. The summed E-state index contributed by atoms with van der Waals surface area (Å²) in [6, 6.07) is 14.8. The summed E-state index contributed by atoms with van der Waals surface area (Å²) in [6.45, 7) is 5.85. The van der Waals surface area contributed by atoms with Crippen molar-refractivity contribution in [1.29, 1.82) is 0 Å². The first kappa shape index (κ1) is 43.2. The molecule has 1 saturated heterocycles. The zero-order valence-electron chi connectivity index (χ0n) is 35.7. The molecule has 5 aliphatic carbocycles. The molecule has 4 saturated carbocycles. The van der Waals surface area contributed by atoms with Crippen LogP contribution in [-0.4, -0.2) is 88.0 Å². The number of hydrogen-bond donors (Lipinski definition) is 2. The van der Waals surface area contributed by atoms with Crippen molar-refractivity contribution in [2.75, 3.05) is 13.2 Å². The predicted molar refractivity (Wildman–Crippen MR) is 223 cm³/mol. The smallest absolute Gasteiger partial charge is 0.310 e. The van der Waals surface area contributed by atoms with Gasteiger partial charge in [-0.3, -0.25) is 29.0 Å². The highest BCUT2D eigenvalue weighted by Crippen LogP contribution is 2.72. The third kappa shape index (κ3) is 6.81. The van der Waals surface area contributed by atoms with Crippen LogP contribution in [0.4, 0.5) is 8.78 Å². The number of alkyl halides is 2. The Morgan fingerprint density at radius 1 is 0.937 bits per heavy atom. The number of aliphatic hydroxyl groups excluding tert-OH is 1. The Morgan fingerprint density at radius 2 is 1.65 bits per heavy atom. The molecule has 12 atom stereocenters. The second kappa shape index (κ2) is 15.3. The number of ether oxygens (including phenoxy) is 4. The topological polar surface area (TPSA) is 181 Å². The van der Waals surface area contributed by atoms with Crippen LogP contribution >= 0.6 is 0 Å². The number of fused-ring (bicyclic) bond motifs is 8. The maximum atomic E-state index is 17.8. The van der Waals surface area contributed by atoms with Crippen molar-refractivity contribution >= 4 is 40.1 Å². The Bertz CT molecular complexity index is 2470. The Kier molecular flexibility index (Phi) is 10.5. The van der Waals surface area contributed by atoms with Gasteiger partial charge in [0.25, 0.3) is 0 Å². The molecule has 5 fully saturated rings. The number of carbonyl (C=O) groups excluding carboxylic acids is 5. The SMILES string of the molecule is CC1(C)O[C@@H]2C[C@H]3[C@@H]4C[C@H](F)C5=CC(=O)C=C[C@]5(C)[C@@]4(F)[C@@H](O)C[C@]3(C)[C@]2(C(=O)COC(=O)C2CC2C(=O)OCc2ccc([C@@H](CN)C(=O)Cc3ccc4cnccc4c3)cc2)O1. The first-order valence-electron chi connectivity index (χ1n) is 21.7. The van der Waals surface area contributed by atoms with E-state index in [-0.39, 0.29) is 56.6 Å². The minimum atomic E-state index is -2.36. The number of hydrogen-bond acceptors (Lipinski definition) is 12. The molecule has 1 aromatic heterocycles. The molecule has 2 unspecified atom stereocenters. The number of halogens is 2. The van der Waals surface area contributed by atoms with Crippen LogP contribution in [0.1, 0.15) is 76.0 Å². The lowest BCUT2D eigenvalue weighted by Gasteiger charge is -2.63. The molecule has 6 aliphatic rings. The molecule has 0 spiro atoms. The maximum absolute atomic E-state index is 17.8. The Morgan fingerprint density at radius 3 is 2.38 bits per heavy atom. The predicted octanol–water partition coefficient (Wildman–Crippen LogP) is 5.70. The lowest BCUT2D eigenvalue weighted by molar-refractivity contribution is -0.249. The lowest BCUT2D eigenvalue weighted by Crippen LogP contribution is -2.71. The molecular weight excluding hydrogens is 815 g/mol. The van der Waals surface area contributed by atoms with Crippen LogP contribution in [0.25, 0.3) is 10.8 Å². The number of aliphatic hydroxyl groups is 1. The number of benzene rings is 2. The van der Waals surface area contributed by atoms with Crippen LogP contribution < -0.4 is 5.73 Å². The van der Waals surface area contributed by atoms with Crippen molar-refractivity contribution < 1.29 is 56.8 Å². The fourth-order valence-corrected chi connectivity index (χ4v) is 12.0. The number of ketones is 3. The molecule has 3 N–H and O–H groups in total. The summed E-state index contributed by atoms with van der Waals surface area (Å²) in [5.41, 5.74) is 1.34. The average molecular weight is 867 g/mol. The third-order valence-corrected chi connectivity index (χ3v) is 15.2. The molecule has 332 valence electrons. The molecular formula is C49H52F2N2O10. The summed E-state index contributed by atoms with van der Waals surface area (Å²) >= 11 is 0. The Balaban J connectivity index is 0.814. The van der Waals surface area contributed by atoms with Gasteiger partial charge in [-0.15, -0.1) is 0 Å². The molecule has 0 radical (unpaired) electrons. The molecule has 0 bridgehead atoms. The Labute approximate surface area is 363 Å². The fourth-order valence-electron chi connectivity index (χ4n) is 12.0. The van der Waals surface area contributed by atoms with Crippen molar-refractivity contribution in [3.05, 3.63) is 101 Å². The van der Waals surface area contributed by atoms with Crippen molar-refractivity contribution in [1.82, 2.24) is 4.98 Å². The summed E-state index contributed by atoms with van der Waals surface area (Å²) in [5.74, 6) is -7.59. The second-order valence-electron chi connectivity index (χ2n) is 19.3. The molecule has 0 amide bonds. The van der Waals surface area contributed by atoms with Crippen LogP contribution in [-0.2, 0) is 55.9 Å². The minimum Gasteiger partial charge on any atom is -0.461 e. The zero-order chi connectivity index (χ0) is 44.9. The number of nitrogens with zero attached hydrogens (tertiary/aromatic N) is 1. The van der Waals surface area contributed by atoms with Gasteiger partial charge in [0.15, 0.2) is 29.4 Å². The summed E-state index contributed by atoms with van der Waals surface area (Å²) < 4.78 is 57.6. The number of carbonyl (C=O) groups is 5. The second-order valence-corrected chi connectivity index (χ2v) is 19.3. The zero-order valence-corrected chi connectivity index (χ0v) is 35.7. The van der Waals surface area contributed by atoms with Gasteiger partial charge in [0.2, 0.25) is 5.78 Å². The molecule has 1 aliphatic heterocycles. The molecule has 2 heterocycles. The van der Waals surface area contributed by atoms with Crippen molar-refractivity contribution in [2.24, 2.45) is 40.2 Å². The van der Waals surface area contributed by atoms with Crippen LogP contribution in [0.2, 0.25) is 0 Å². The largest absolute Gasteiger partial charge is 0.461 e. The number of Topliss-reactive ketones (excluding diaryl/α,β-unsaturated/α-hetero) is 2. The van der Waals surface area contributed by atoms with Crippen LogP contribution in [0, 0.1) is 34.5 Å². The van der Waals surface area contributed by atoms with E-state index < -0.39 is 106 Å². The monoisotopic (exact) mass is 866 g/mol.